The summed E-state index contributed by atoms with van der Waals surface area (Å²) >= 11 is 3.41. The molecule has 0 atom stereocenters. The van der Waals surface area contributed by atoms with Crippen molar-refractivity contribution in [1.82, 2.24) is 0 Å². The number of carbonyl (C=O) groups excluding carboxylic acids is 1. The number of halogens is 2. The SMILES string of the molecule is Cc1c(Br)cccc1NC(=O)Cc1cccc(F)c1. The van der Waals surface area contributed by atoms with Gasteiger partial charge >= 0.3 is 0 Å². The molecule has 2 rings (SSSR count). The van der Waals surface area contributed by atoms with Crippen LogP contribution in [0.4, 0.5) is 10.1 Å². The molecule has 98 valence electrons. The molecular formula is C15H13BrFNO. The van der Waals surface area contributed by atoms with Crippen LogP contribution in [0.3, 0.4) is 0 Å². The second kappa shape index (κ2) is 5.97. The van der Waals surface area contributed by atoms with Crippen molar-refractivity contribution >= 4 is 27.5 Å². The topological polar surface area (TPSA) is 29.1 Å². The lowest BCUT2D eigenvalue weighted by atomic mass is 10.1. The maximum Gasteiger partial charge on any atom is 0.228 e. The number of carbonyl (C=O) groups is 1. The molecule has 0 saturated heterocycles. The molecule has 1 N–H and O–H groups in total. The van der Waals surface area contributed by atoms with Crippen molar-refractivity contribution in [3.8, 4) is 0 Å². The minimum atomic E-state index is -0.330. The molecule has 0 unspecified atom stereocenters. The molecule has 0 aliphatic heterocycles. The Morgan fingerprint density at radius 1 is 1.26 bits per heavy atom. The highest BCUT2D eigenvalue weighted by molar-refractivity contribution is 9.10. The van der Waals surface area contributed by atoms with Crippen LogP contribution in [-0.4, -0.2) is 5.91 Å². The second-order valence-electron chi connectivity index (χ2n) is 4.27. The van der Waals surface area contributed by atoms with Crippen molar-refractivity contribution < 1.29 is 9.18 Å². The van der Waals surface area contributed by atoms with Gasteiger partial charge in [-0.2, -0.15) is 0 Å². The number of hydrogen-bond donors (Lipinski definition) is 1. The highest BCUT2D eigenvalue weighted by Crippen LogP contribution is 2.23. The Balaban J connectivity index is 2.08. The number of amides is 1. The third-order valence-corrected chi connectivity index (χ3v) is 3.65. The van der Waals surface area contributed by atoms with Gasteiger partial charge in [0.25, 0.3) is 0 Å². The first-order valence-electron chi connectivity index (χ1n) is 5.85. The van der Waals surface area contributed by atoms with E-state index in [9.17, 15) is 9.18 Å². The molecule has 19 heavy (non-hydrogen) atoms. The van der Waals surface area contributed by atoms with Crippen molar-refractivity contribution in [2.75, 3.05) is 5.32 Å². The van der Waals surface area contributed by atoms with Crippen molar-refractivity contribution in [3.05, 3.63) is 63.9 Å². The molecule has 2 aromatic carbocycles. The van der Waals surface area contributed by atoms with E-state index in [1.165, 1.54) is 12.1 Å². The van der Waals surface area contributed by atoms with Gasteiger partial charge in [0.2, 0.25) is 5.91 Å². The number of benzene rings is 2. The molecule has 0 fully saturated rings. The minimum Gasteiger partial charge on any atom is -0.326 e. The van der Waals surface area contributed by atoms with Gasteiger partial charge in [-0.3, -0.25) is 4.79 Å². The summed E-state index contributed by atoms with van der Waals surface area (Å²) in [5.74, 6) is -0.490. The number of rotatable bonds is 3. The van der Waals surface area contributed by atoms with E-state index in [2.05, 4.69) is 21.2 Å². The lowest BCUT2D eigenvalue weighted by molar-refractivity contribution is -0.115. The average molecular weight is 322 g/mol. The van der Waals surface area contributed by atoms with Crippen LogP contribution in [-0.2, 0) is 11.2 Å². The largest absolute Gasteiger partial charge is 0.326 e. The normalized spacial score (nSPS) is 10.3. The van der Waals surface area contributed by atoms with Crippen molar-refractivity contribution in [1.29, 1.82) is 0 Å². The third kappa shape index (κ3) is 3.64. The van der Waals surface area contributed by atoms with E-state index in [0.29, 0.717) is 5.56 Å². The van der Waals surface area contributed by atoms with Crippen LogP contribution < -0.4 is 5.32 Å². The van der Waals surface area contributed by atoms with E-state index in [4.69, 9.17) is 0 Å². The highest BCUT2D eigenvalue weighted by atomic mass is 79.9. The van der Waals surface area contributed by atoms with Gasteiger partial charge in [0, 0.05) is 10.2 Å². The summed E-state index contributed by atoms with van der Waals surface area (Å²) in [6.07, 6.45) is 0.156. The molecule has 0 saturated carbocycles. The van der Waals surface area contributed by atoms with Crippen LogP contribution in [0.1, 0.15) is 11.1 Å². The quantitative estimate of drug-likeness (QED) is 0.906. The van der Waals surface area contributed by atoms with Crippen molar-refractivity contribution in [2.45, 2.75) is 13.3 Å². The molecule has 0 aromatic heterocycles. The molecule has 2 nitrogen and oxygen atoms in total. The smallest absolute Gasteiger partial charge is 0.228 e. The average Bonchev–Trinajstić information content (AvgIpc) is 2.35. The van der Waals surface area contributed by atoms with Gasteiger partial charge in [-0.25, -0.2) is 4.39 Å². The van der Waals surface area contributed by atoms with E-state index in [0.717, 1.165) is 15.7 Å². The highest BCUT2D eigenvalue weighted by Gasteiger charge is 2.07. The molecule has 0 radical (unpaired) electrons. The van der Waals surface area contributed by atoms with E-state index >= 15 is 0 Å². The molecule has 4 heteroatoms. The van der Waals surface area contributed by atoms with Gasteiger partial charge in [-0.05, 0) is 42.3 Å². The summed E-state index contributed by atoms with van der Waals surface area (Å²) in [6.45, 7) is 1.92. The van der Waals surface area contributed by atoms with Crippen LogP contribution in [0.15, 0.2) is 46.9 Å². The maximum absolute atomic E-state index is 13.0. The van der Waals surface area contributed by atoms with Crippen LogP contribution in [0.2, 0.25) is 0 Å². The molecule has 2 aromatic rings. The molecule has 0 aliphatic rings. The van der Waals surface area contributed by atoms with Gasteiger partial charge in [0.1, 0.15) is 5.82 Å². The van der Waals surface area contributed by atoms with E-state index in [-0.39, 0.29) is 18.1 Å². The van der Waals surface area contributed by atoms with Gasteiger partial charge in [-0.1, -0.05) is 34.1 Å². The molecule has 0 aliphatic carbocycles. The van der Waals surface area contributed by atoms with E-state index in [1.807, 2.05) is 25.1 Å². The third-order valence-electron chi connectivity index (χ3n) is 2.80. The summed E-state index contributed by atoms with van der Waals surface area (Å²) in [4.78, 5) is 11.9. The Hall–Kier alpha value is -1.68. The van der Waals surface area contributed by atoms with Gasteiger partial charge < -0.3 is 5.32 Å². The van der Waals surface area contributed by atoms with E-state index in [1.54, 1.807) is 12.1 Å². The first-order chi connectivity index (χ1) is 9.06. The summed E-state index contributed by atoms with van der Waals surface area (Å²) in [6, 6.07) is 11.7. The Labute approximate surface area is 119 Å². The number of nitrogens with one attached hydrogen (secondary N) is 1. The van der Waals surface area contributed by atoms with E-state index < -0.39 is 0 Å². The zero-order valence-electron chi connectivity index (χ0n) is 10.4. The molecule has 1 amide bonds. The summed E-state index contributed by atoms with van der Waals surface area (Å²) in [7, 11) is 0. The molecule has 0 bridgehead atoms. The fourth-order valence-corrected chi connectivity index (χ4v) is 2.14. The first kappa shape index (κ1) is 13.7. The van der Waals surface area contributed by atoms with Gasteiger partial charge in [0.15, 0.2) is 0 Å². The number of hydrogen-bond acceptors (Lipinski definition) is 1. The van der Waals surface area contributed by atoms with Gasteiger partial charge in [-0.15, -0.1) is 0 Å². The first-order valence-corrected chi connectivity index (χ1v) is 6.65. The lowest BCUT2D eigenvalue weighted by Gasteiger charge is -2.09. The predicted octanol–water partition coefficient (Wildman–Crippen LogP) is 4.08. The Morgan fingerprint density at radius 2 is 2.00 bits per heavy atom. The number of anilines is 1. The molecular weight excluding hydrogens is 309 g/mol. The lowest BCUT2D eigenvalue weighted by Crippen LogP contribution is -2.15. The fourth-order valence-electron chi connectivity index (χ4n) is 1.77. The monoisotopic (exact) mass is 321 g/mol. The standard InChI is InChI=1S/C15H13BrFNO/c1-10-13(16)6-3-7-14(10)18-15(19)9-11-4-2-5-12(17)8-11/h2-8H,9H2,1H3,(H,18,19). The van der Waals surface area contributed by atoms with Crippen molar-refractivity contribution in [2.24, 2.45) is 0 Å². The minimum absolute atomic E-state index is 0.156. The summed E-state index contributed by atoms with van der Waals surface area (Å²) in [5.41, 5.74) is 2.39. The fraction of sp³-hybridized carbons (Fsp3) is 0.133. The summed E-state index contributed by atoms with van der Waals surface area (Å²) in [5, 5.41) is 2.83. The van der Waals surface area contributed by atoms with Crippen LogP contribution in [0.25, 0.3) is 0 Å². The van der Waals surface area contributed by atoms with Crippen LogP contribution in [0, 0.1) is 12.7 Å². The summed E-state index contributed by atoms with van der Waals surface area (Å²) < 4.78 is 14.0. The Morgan fingerprint density at radius 3 is 2.74 bits per heavy atom. The zero-order chi connectivity index (χ0) is 13.8. The van der Waals surface area contributed by atoms with Crippen LogP contribution in [0.5, 0.6) is 0 Å². The predicted molar refractivity (Wildman–Crippen MR) is 77.6 cm³/mol. The molecule has 0 heterocycles. The van der Waals surface area contributed by atoms with Gasteiger partial charge in [0.05, 0.1) is 6.42 Å². The molecule has 0 spiro atoms. The zero-order valence-corrected chi connectivity index (χ0v) is 12.0. The Bertz CT molecular complexity index is 613. The van der Waals surface area contributed by atoms with Crippen molar-refractivity contribution in [3.63, 3.8) is 0 Å². The second-order valence-corrected chi connectivity index (χ2v) is 5.12. The maximum atomic E-state index is 13.0. The Kier molecular flexibility index (Phi) is 4.32. The van der Waals surface area contributed by atoms with Crippen LogP contribution >= 0.6 is 15.9 Å².